The van der Waals surface area contributed by atoms with Gasteiger partial charge in [0.25, 0.3) is 0 Å². The van der Waals surface area contributed by atoms with E-state index in [-0.39, 0.29) is 0 Å². The van der Waals surface area contributed by atoms with Gasteiger partial charge in [-0.3, -0.25) is 0 Å². The van der Waals surface area contributed by atoms with E-state index in [0.29, 0.717) is 5.41 Å². The third-order valence-corrected chi connectivity index (χ3v) is 7.09. The molecule has 1 N–H and O–H groups in total. The molecule has 1 aromatic rings. The first kappa shape index (κ1) is 18.3. The van der Waals surface area contributed by atoms with Gasteiger partial charge in [-0.05, 0) is 81.5 Å². The molecule has 1 saturated heterocycles. The van der Waals surface area contributed by atoms with Gasteiger partial charge in [0.1, 0.15) is 0 Å². The van der Waals surface area contributed by atoms with Crippen molar-refractivity contribution in [3.8, 4) is 0 Å². The van der Waals surface area contributed by atoms with Crippen LogP contribution in [0.25, 0.3) is 6.08 Å². The Kier molecular flexibility index (Phi) is 5.52. The van der Waals surface area contributed by atoms with Gasteiger partial charge in [-0.1, -0.05) is 55.8 Å². The molecule has 1 aromatic carbocycles. The van der Waals surface area contributed by atoms with Crippen molar-refractivity contribution in [2.24, 2.45) is 11.3 Å². The molecule has 4 rings (SSSR count). The molecule has 1 heterocycles. The molecule has 0 amide bonds. The molecule has 3 aliphatic rings. The lowest BCUT2D eigenvalue weighted by Gasteiger charge is -2.52. The van der Waals surface area contributed by atoms with Gasteiger partial charge < -0.3 is 10.2 Å². The van der Waals surface area contributed by atoms with E-state index in [9.17, 15) is 0 Å². The Labute approximate surface area is 160 Å². The van der Waals surface area contributed by atoms with Crippen molar-refractivity contribution in [1.82, 2.24) is 10.2 Å². The minimum absolute atomic E-state index is 0.694. The summed E-state index contributed by atoms with van der Waals surface area (Å²) in [4.78, 5) is 2.67. The molecule has 0 bridgehead atoms. The average molecular weight is 353 g/mol. The van der Waals surface area contributed by atoms with Crippen LogP contribution >= 0.6 is 0 Å². The van der Waals surface area contributed by atoms with Crippen LogP contribution in [0, 0.1) is 11.3 Å². The minimum atomic E-state index is 0.694. The van der Waals surface area contributed by atoms with Crippen LogP contribution in [0.5, 0.6) is 0 Å². The SMILES string of the molecule is CCCN1CCC2(CC1)CC(N[C@@H]1C[C@H]1/C(=C/c1ccccc1)CC)C2. The summed E-state index contributed by atoms with van der Waals surface area (Å²) in [6, 6.07) is 12.4. The number of nitrogens with zero attached hydrogens (tertiary/aromatic N) is 1. The maximum absolute atomic E-state index is 3.99. The van der Waals surface area contributed by atoms with Crippen LogP contribution in [-0.2, 0) is 0 Å². The maximum Gasteiger partial charge on any atom is 0.0142 e. The first-order chi connectivity index (χ1) is 12.7. The summed E-state index contributed by atoms with van der Waals surface area (Å²) in [5, 5.41) is 3.99. The molecule has 0 unspecified atom stereocenters. The van der Waals surface area contributed by atoms with Crippen molar-refractivity contribution >= 4 is 6.08 Å². The molecule has 1 spiro atoms. The van der Waals surface area contributed by atoms with E-state index >= 15 is 0 Å². The smallest absolute Gasteiger partial charge is 0.0142 e. The Morgan fingerprint density at radius 2 is 1.88 bits per heavy atom. The van der Waals surface area contributed by atoms with Gasteiger partial charge in [-0.2, -0.15) is 0 Å². The zero-order chi connectivity index (χ0) is 18.0. The minimum Gasteiger partial charge on any atom is -0.311 e. The van der Waals surface area contributed by atoms with Crippen LogP contribution in [0.15, 0.2) is 35.9 Å². The van der Waals surface area contributed by atoms with E-state index in [2.05, 4.69) is 60.5 Å². The highest BCUT2D eigenvalue weighted by Crippen LogP contribution is 2.50. The molecule has 2 nitrogen and oxygen atoms in total. The number of piperidine rings is 1. The van der Waals surface area contributed by atoms with Crippen molar-refractivity contribution in [1.29, 1.82) is 0 Å². The van der Waals surface area contributed by atoms with Gasteiger partial charge >= 0.3 is 0 Å². The van der Waals surface area contributed by atoms with Crippen LogP contribution in [0.3, 0.4) is 0 Å². The third kappa shape index (κ3) is 4.07. The van der Waals surface area contributed by atoms with Gasteiger partial charge in [0.2, 0.25) is 0 Å². The highest BCUT2D eigenvalue weighted by atomic mass is 15.1. The molecular formula is C24H36N2. The number of benzene rings is 1. The zero-order valence-corrected chi connectivity index (χ0v) is 16.7. The lowest BCUT2D eigenvalue weighted by Crippen LogP contribution is -2.54. The van der Waals surface area contributed by atoms with E-state index in [1.807, 2.05) is 0 Å². The topological polar surface area (TPSA) is 15.3 Å². The molecule has 2 heteroatoms. The molecule has 1 aliphatic heterocycles. The van der Waals surface area contributed by atoms with Gasteiger partial charge in [-0.25, -0.2) is 0 Å². The monoisotopic (exact) mass is 352 g/mol. The number of nitrogens with one attached hydrogen (secondary N) is 1. The maximum atomic E-state index is 3.99. The van der Waals surface area contributed by atoms with Crippen LogP contribution in [0.4, 0.5) is 0 Å². The normalized spacial score (nSPS) is 28.9. The Hall–Kier alpha value is -1.12. The summed E-state index contributed by atoms with van der Waals surface area (Å²) in [6.45, 7) is 8.59. The molecule has 0 radical (unpaired) electrons. The van der Waals surface area contributed by atoms with E-state index in [0.717, 1.165) is 18.0 Å². The summed E-state index contributed by atoms with van der Waals surface area (Å²) in [5.74, 6) is 0.781. The second-order valence-electron chi connectivity index (χ2n) is 9.05. The number of hydrogen-bond acceptors (Lipinski definition) is 2. The Morgan fingerprint density at radius 3 is 2.54 bits per heavy atom. The summed E-state index contributed by atoms with van der Waals surface area (Å²) >= 11 is 0. The summed E-state index contributed by atoms with van der Waals surface area (Å²) in [7, 11) is 0. The van der Waals surface area contributed by atoms with Crippen LogP contribution in [0.1, 0.15) is 64.4 Å². The summed E-state index contributed by atoms with van der Waals surface area (Å²) < 4.78 is 0. The third-order valence-electron chi connectivity index (χ3n) is 7.09. The Bertz CT molecular complexity index is 604. The number of hydrogen-bond donors (Lipinski definition) is 1. The molecule has 0 aromatic heterocycles. The van der Waals surface area contributed by atoms with Crippen LogP contribution in [0.2, 0.25) is 0 Å². The molecular weight excluding hydrogens is 316 g/mol. The highest BCUT2D eigenvalue weighted by molar-refractivity contribution is 5.54. The molecule has 3 fully saturated rings. The molecule has 26 heavy (non-hydrogen) atoms. The second kappa shape index (κ2) is 7.86. The summed E-state index contributed by atoms with van der Waals surface area (Å²) in [5.41, 5.74) is 3.69. The highest BCUT2D eigenvalue weighted by Gasteiger charge is 2.49. The van der Waals surface area contributed by atoms with Gasteiger partial charge in [-0.15, -0.1) is 0 Å². The van der Waals surface area contributed by atoms with Gasteiger partial charge in [0, 0.05) is 12.1 Å². The quantitative estimate of drug-likeness (QED) is 0.733. The first-order valence-electron chi connectivity index (χ1n) is 11.0. The summed E-state index contributed by atoms with van der Waals surface area (Å²) in [6.07, 6.45) is 12.0. The average Bonchev–Trinajstić information content (AvgIpc) is 3.40. The van der Waals surface area contributed by atoms with Crippen LogP contribution < -0.4 is 5.32 Å². The zero-order valence-electron chi connectivity index (χ0n) is 16.7. The van der Waals surface area contributed by atoms with Crippen molar-refractivity contribution in [3.05, 3.63) is 41.5 Å². The fourth-order valence-electron chi connectivity index (χ4n) is 5.41. The lowest BCUT2D eigenvalue weighted by atomic mass is 9.60. The number of likely N-dealkylation sites (tertiary alicyclic amines) is 1. The van der Waals surface area contributed by atoms with E-state index in [1.165, 1.54) is 70.1 Å². The van der Waals surface area contributed by atoms with Crippen molar-refractivity contribution in [2.45, 2.75) is 70.9 Å². The molecule has 2 saturated carbocycles. The van der Waals surface area contributed by atoms with Gasteiger partial charge in [0.15, 0.2) is 0 Å². The Morgan fingerprint density at radius 1 is 1.15 bits per heavy atom. The van der Waals surface area contributed by atoms with Crippen molar-refractivity contribution < 1.29 is 0 Å². The second-order valence-corrected chi connectivity index (χ2v) is 9.05. The predicted octanol–water partition coefficient (Wildman–Crippen LogP) is 5.11. The molecule has 2 aliphatic carbocycles. The lowest BCUT2D eigenvalue weighted by molar-refractivity contribution is 0.00539. The predicted molar refractivity (Wildman–Crippen MR) is 111 cm³/mol. The van der Waals surface area contributed by atoms with Crippen molar-refractivity contribution in [2.75, 3.05) is 19.6 Å². The largest absolute Gasteiger partial charge is 0.311 e. The Balaban J connectivity index is 1.23. The van der Waals surface area contributed by atoms with E-state index < -0.39 is 0 Å². The van der Waals surface area contributed by atoms with Gasteiger partial charge in [0.05, 0.1) is 0 Å². The fourth-order valence-corrected chi connectivity index (χ4v) is 5.41. The number of rotatable bonds is 7. The van der Waals surface area contributed by atoms with E-state index in [1.54, 1.807) is 5.57 Å². The molecule has 2 atom stereocenters. The van der Waals surface area contributed by atoms with Crippen molar-refractivity contribution in [3.63, 3.8) is 0 Å². The molecule has 142 valence electrons. The standard InChI is InChI=1S/C24H36N2/c1-3-12-26-13-10-24(11-14-26)17-21(18-24)25-23-16-22(23)20(4-2)15-19-8-6-5-7-9-19/h5-9,15,21-23,25H,3-4,10-14,16-18H2,1-2H3/b20-15+/t22-,23+/m0/s1. The fraction of sp³-hybridized carbons (Fsp3) is 0.667. The first-order valence-corrected chi connectivity index (χ1v) is 11.0. The van der Waals surface area contributed by atoms with Crippen LogP contribution in [-0.4, -0.2) is 36.6 Å². The van der Waals surface area contributed by atoms with E-state index in [4.69, 9.17) is 0 Å².